The smallest absolute Gasteiger partial charge is 0.259 e. The molecule has 0 bridgehead atoms. The number of pyridine rings is 1. The molecule has 4 aromatic rings. The van der Waals surface area contributed by atoms with Crippen molar-refractivity contribution in [2.45, 2.75) is 38.5 Å². The normalized spacial score (nSPS) is 15.2. The van der Waals surface area contributed by atoms with E-state index in [1.54, 1.807) is 18.6 Å². The SMILES string of the molecule is CCCNc1ccc(-c2nc(C(C)(c3ccc(-c4cnc(N)nc4)cc3)C3CC3)no2)cn1. The van der Waals surface area contributed by atoms with Gasteiger partial charge in [0.1, 0.15) is 5.82 Å². The Morgan fingerprint density at radius 2 is 1.67 bits per heavy atom. The van der Waals surface area contributed by atoms with Gasteiger partial charge in [0.25, 0.3) is 5.89 Å². The van der Waals surface area contributed by atoms with Crippen molar-refractivity contribution in [2.24, 2.45) is 5.92 Å². The van der Waals surface area contributed by atoms with Gasteiger partial charge in [-0.1, -0.05) is 36.3 Å². The summed E-state index contributed by atoms with van der Waals surface area (Å²) in [5, 5.41) is 7.68. The highest BCUT2D eigenvalue weighted by atomic mass is 16.5. The molecule has 1 aliphatic carbocycles. The zero-order valence-corrected chi connectivity index (χ0v) is 18.8. The highest BCUT2D eigenvalue weighted by molar-refractivity contribution is 5.63. The first-order valence-corrected chi connectivity index (χ1v) is 11.3. The molecule has 8 heteroatoms. The first kappa shape index (κ1) is 21.1. The van der Waals surface area contributed by atoms with Crippen LogP contribution in [0, 0.1) is 5.92 Å². The maximum atomic E-state index is 5.67. The van der Waals surface area contributed by atoms with Gasteiger partial charge in [-0.25, -0.2) is 15.0 Å². The molecule has 0 radical (unpaired) electrons. The number of hydrogen-bond acceptors (Lipinski definition) is 8. The van der Waals surface area contributed by atoms with Gasteiger partial charge in [-0.3, -0.25) is 0 Å². The molecule has 3 N–H and O–H groups in total. The lowest BCUT2D eigenvalue weighted by Crippen LogP contribution is -2.28. The Balaban J connectivity index is 1.42. The van der Waals surface area contributed by atoms with Crippen LogP contribution in [0.5, 0.6) is 0 Å². The molecule has 5 rings (SSSR count). The minimum absolute atomic E-state index is 0.270. The maximum Gasteiger partial charge on any atom is 0.259 e. The largest absolute Gasteiger partial charge is 0.370 e. The third kappa shape index (κ3) is 4.16. The van der Waals surface area contributed by atoms with Gasteiger partial charge < -0.3 is 15.6 Å². The van der Waals surface area contributed by atoms with Crippen LogP contribution < -0.4 is 11.1 Å². The summed E-state index contributed by atoms with van der Waals surface area (Å²) >= 11 is 0. The Morgan fingerprint density at radius 3 is 2.30 bits per heavy atom. The number of nitrogens with zero attached hydrogens (tertiary/aromatic N) is 5. The van der Waals surface area contributed by atoms with Crippen molar-refractivity contribution >= 4 is 11.8 Å². The van der Waals surface area contributed by atoms with E-state index in [9.17, 15) is 0 Å². The van der Waals surface area contributed by atoms with Gasteiger partial charge >= 0.3 is 0 Å². The molecule has 1 aliphatic rings. The first-order valence-electron chi connectivity index (χ1n) is 11.3. The number of aromatic nitrogens is 5. The van der Waals surface area contributed by atoms with E-state index in [0.29, 0.717) is 17.6 Å². The van der Waals surface area contributed by atoms with Crippen LogP contribution in [-0.2, 0) is 5.41 Å². The molecule has 3 aromatic heterocycles. The van der Waals surface area contributed by atoms with E-state index in [-0.39, 0.29) is 11.4 Å². The van der Waals surface area contributed by atoms with Crippen LogP contribution in [0.3, 0.4) is 0 Å². The molecule has 33 heavy (non-hydrogen) atoms. The zero-order chi connectivity index (χ0) is 22.8. The lowest BCUT2D eigenvalue weighted by atomic mass is 9.76. The van der Waals surface area contributed by atoms with Gasteiger partial charge in [0.15, 0.2) is 5.82 Å². The van der Waals surface area contributed by atoms with Crippen LogP contribution in [0.15, 0.2) is 59.5 Å². The summed E-state index contributed by atoms with van der Waals surface area (Å²) in [7, 11) is 0. The van der Waals surface area contributed by atoms with Crippen LogP contribution in [0.25, 0.3) is 22.6 Å². The Morgan fingerprint density at radius 1 is 0.970 bits per heavy atom. The number of rotatable bonds is 8. The van der Waals surface area contributed by atoms with E-state index >= 15 is 0 Å². The van der Waals surface area contributed by atoms with E-state index in [1.165, 1.54) is 0 Å². The van der Waals surface area contributed by atoms with E-state index in [2.05, 4.69) is 63.5 Å². The molecule has 0 saturated heterocycles. The second-order valence-electron chi connectivity index (χ2n) is 8.67. The standard InChI is InChI=1S/C25H27N7O/c1-3-12-27-21-11-6-17(13-28-21)22-31-23(32-33-22)25(2,20-9-10-20)19-7-4-16(5-8-19)18-14-29-24(26)30-15-18/h4-8,11,13-15,20H,3,9-10,12H2,1-2H3,(H,27,28)(H2,26,29,30). The summed E-state index contributed by atoms with van der Waals surface area (Å²) < 4.78 is 5.67. The van der Waals surface area contributed by atoms with Crippen LogP contribution >= 0.6 is 0 Å². The number of nitrogens with two attached hydrogens (primary N) is 1. The molecule has 8 nitrogen and oxygen atoms in total. The van der Waals surface area contributed by atoms with Crippen molar-refractivity contribution in [3.8, 4) is 22.6 Å². The molecule has 168 valence electrons. The average Bonchev–Trinajstić information content (AvgIpc) is 3.60. The van der Waals surface area contributed by atoms with Crippen molar-refractivity contribution in [1.82, 2.24) is 25.1 Å². The number of nitrogen functional groups attached to an aromatic ring is 1. The van der Waals surface area contributed by atoms with E-state index in [0.717, 1.165) is 53.9 Å². The number of benzene rings is 1. The predicted octanol–water partition coefficient (Wildman–Crippen LogP) is 4.71. The summed E-state index contributed by atoms with van der Waals surface area (Å²) in [5.74, 6) is 2.78. The van der Waals surface area contributed by atoms with Gasteiger partial charge in [-0.15, -0.1) is 0 Å². The predicted molar refractivity (Wildman–Crippen MR) is 127 cm³/mol. The van der Waals surface area contributed by atoms with E-state index in [4.69, 9.17) is 15.2 Å². The highest BCUT2D eigenvalue weighted by Gasteiger charge is 2.47. The molecule has 0 aliphatic heterocycles. The fourth-order valence-corrected chi connectivity index (χ4v) is 4.13. The average molecular weight is 442 g/mol. The Bertz CT molecular complexity index is 1220. The Kier molecular flexibility index (Phi) is 5.50. The zero-order valence-electron chi connectivity index (χ0n) is 18.8. The first-order chi connectivity index (χ1) is 16.1. The van der Waals surface area contributed by atoms with Crippen LogP contribution in [-0.4, -0.2) is 31.6 Å². The molecular weight excluding hydrogens is 414 g/mol. The van der Waals surface area contributed by atoms with Crippen molar-refractivity contribution in [2.75, 3.05) is 17.6 Å². The van der Waals surface area contributed by atoms with Crippen molar-refractivity contribution in [3.05, 3.63) is 66.4 Å². The number of hydrogen-bond donors (Lipinski definition) is 2. The summed E-state index contributed by atoms with van der Waals surface area (Å²) in [5.41, 5.74) is 9.22. The monoisotopic (exact) mass is 441 g/mol. The molecule has 1 saturated carbocycles. The summed E-state index contributed by atoms with van der Waals surface area (Å²) in [6.07, 6.45) is 8.58. The molecule has 1 unspecified atom stereocenters. The molecule has 1 atom stereocenters. The van der Waals surface area contributed by atoms with Gasteiger partial charge in [0.2, 0.25) is 5.95 Å². The second-order valence-corrected chi connectivity index (χ2v) is 8.67. The van der Waals surface area contributed by atoms with Crippen LogP contribution in [0.1, 0.15) is 44.5 Å². The van der Waals surface area contributed by atoms with Crippen molar-refractivity contribution < 1.29 is 4.52 Å². The van der Waals surface area contributed by atoms with Gasteiger partial charge in [-0.05, 0) is 55.4 Å². The molecular formula is C25H27N7O. The van der Waals surface area contributed by atoms with Crippen LogP contribution in [0.4, 0.5) is 11.8 Å². The molecule has 3 heterocycles. The van der Waals surface area contributed by atoms with Crippen molar-refractivity contribution in [1.29, 1.82) is 0 Å². The minimum atomic E-state index is -0.325. The number of anilines is 2. The third-order valence-electron chi connectivity index (χ3n) is 6.34. The molecule has 1 fully saturated rings. The van der Waals surface area contributed by atoms with E-state index in [1.807, 2.05) is 12.1 Å². The summed E-state index contributed by atoms with van der Waals surface area (Å²) in [6.45, 7) is 5.22. The Labute approximate surface area is 192 Å². The fraction of sp³-hybridized carbons (Fsp3) is 0.320. The van der Waals surface area contributed by atoms with Crippen LogP contribution in [0.2, 0.25) is 0 Å². The van der Waals surface area contributed by atoms with E-state index < -0.39 is 0 Å². The lowest BCUT2D eigenvalue weighted by molar-refractivity contribution is 0.386. The summed E-state index contributed by atoms with van der Waals surface area (Å²) in [4.78, 5) is 17.4. The highest BCUT2D eigenvalue weighted by Crippen LogP contribution is 2.50. The second kappa shape index (κ2) is 8.61. The van der Waals surface area contributed by atoms with Gasteiger partial charge in [-0.2, -0.15) is 4.98 Å². The number of nitrogens with one attached hydrogen (secondary N) is 1. The van der Waals surface area contributed by atoms with Gasteiger partial charge in [0, 0.05) is 30.7 Å². The molecule has 0 amide bonds. The molecule has 1 aromatic carbocycles. The molecule has 0 spiro atoms. The Hall–Kier alpha value is -3.81. The minimum Gasteiger partial charge on any atom is -0.370 e. The fourth-order valence-electron chi connectivity index (χ4n) is 4.13. The summed E-state index contributed by atoms with van der Waals surface area (Å²) in [6, 6.07) is 12.3. The van der Waals surface area contributed by atoms with Gasteiger partial charge in [0.05, 0.1) is 11.0 Å². The topological polar surface area (TPSA) is 116 Å². The maximum absolute atomic E-state index is 5.67. The third-order valence-corrected chi connectivity index (χ3v) is 6.34. The lowest BCUT2D eigenvalue weighted by Gasteiger charge is -2.27. The quantitative estimate of drug-likeness (QED) is 0.404. The van der Waals surface area contributed by atoms with Crippen molar-refractivity contribution in [3.63, 3.8) is 0 Å².